The minimum Gasteiger partial charge on any atom is -0.493 e. The number of methoxy groups -OCH3 is 2. The second-order valence-corrected chi connectivity index (χ2v) is 5.27. The number of ether oxygens (including phenoxy) is 3. The van der Waals surface area contributed by atoms with Gasteiger partial charge in [0.2, 0.25) is 0 Å². The number of rotatable bonds is 11. The topological polar surface area (TPSA) is 113 Å². The van der Waals surface area contributed by atoms with Crippen LogP contribution in [0.4, 0.5) is 0 Å². The van der Waals surface area contributed by atoms with Gasteiger partial charge in [0.15, 0.2) is 11.5 Å². The molecule has 0 radical (unpaired) electrons. The van der Waals surface area contributed by atoms with Gasteiger partial charge >= 0.3 is 0 Å². The second-order valence-electron chi connectivity index (χ2n) is 5.27. The molecule has 1 aromatic rings. The monoisotopic (exact) mass is 363 g/mol. The summed E-state index contributed by atoms with van der Waals surface area (Å²) in [7, 11) is 3.09. The molecule has 3 N–H and O–H groups in total. The molecule has 26 heavy (non-hydrogen) atoms. The Hall–Kier alpha value is -2.76. The third kappa shape index (κ3) is 6.63. The maximum atomic E-state index is 12.2. The fourth-order valence-electron chi connectivity index (χ4n) is 2.10. The summed E-state index contributed by atoms with van der Waals surface area (Å²) in [6, 6.07) is 6.88. The van der Waals surface area contributed by atoms with Crippen molar-refractivity contribution in [3.05, 3.63) is 35.5 Å². The summed E-state index contributed by atoms with van der Waals surface area (Å²) in [5.74, 6) is 0.672. The summed E-state index contributed by atoms with van der Waals surface area (Å²) < 4.78 is 15.5. The summed E-state index contributed by atoms with van der Waals surface area (Å²) >= 11 is 0. The molecule has 0 aliphatic rings. The Morgan fingerprint density at radius 1 is 1.31 bits per heavy atom. The third-order valence-corrected chi connectivity index (χ3v) is 3.49. The van der Waals surface area contributed by atoms with Gasteiger partial charge in [0.25, 0.3) is 5.91 Å². The Bertz CT molecular complexity index is 655. The van der Waals surface area contributed by atoms with Crippen LogP contribution in [0.5, 0.6) is 11.5 Å². The van der Waals surface area contributed by atoms with E-state index >= 15 is 0 Å². The molecule has 8 nitrogen and oxygen atoms in total. The Balaban J connectivity index is 2.65. The first-order chi connectivity index (χ1) is 12.6. The van der Waals surface area contributed by atoms with Crippen molar-refractivity contribution >= 4 is 5.91 Å². The number of nitrogens with one attached hydrogen (secondary N) is 2. The van der Waals surface area contributed by atoms with E-state index in [0.29, 0.717) is 24.7 Å². The van der Waals surface area contributed by atoms with Gasteiger partial charge in [0.05, 0.1) is 40.1 Å². The van der Waals surface area contributed by atoms with Gasteiger partial charge in [-0.15, -0.1) is 0 Å². The molecule has 0 saturated carbocycles. The molecule has 0 aliphatic heterocycles. The van der Waals surface area contributed by atoms with Crippen molar-refractivity contribution in [3.8, 4) is 17.6 Å². The summed E-state index contributed by atoms with van der Waals surface area (Å²) in [6.07, 6.45) is 1.35. The van der Waals surface area contributed by atoms with Crippen molar-refractivity contribution in [1.29, 1.82) is 5.26 Å². The average Bonchev–Trinajstić information content (AvgIpc) is 2.66. The minimum atomic E-state index is -0.487. The summed E-state index contributed by atoms with van der Waals surface area (Å²) in [4.78, 5) is 12.2. The van der Waals surface area contributed by atoms with Crippen LogP contribution < -0.4 is 20.1 Å². The van der Waals surface area contributed by atoms with Crippen molar-refractivity contribution in [2.24, 2.45) is 0 Å². The predicted octanol–water partition coefficient (Wildman–Crippen LogP) is 0.887. The molecule has 0 aliphatic carbocycles. The van der Waals surface area contributed by atoms with E-state index in [9.17, 15) is 4.79 Å². The quantitative estimate of drug-likeness (QED) is 0.304. The summed E-state index contributed by atoms with van der Waals surface area (Å²) in [5, 5.41) is 23.3. The first-order valence-corrected chi connectivity index (χ1v) is 8.12. The first kappa shape index (κ1) is 21.3. The van der Waals surface area contributed by atoms with Crippen LogP contribution in [-0.2, 0) is 9.53 Å². The molecule has 0 fully saturated rings. The SMILES string of the molecule is COc1ccc(C(C)NC(=O)/C(C#N)=C\NCCOCCO)cc1OC. The first-order valence-electron chi connectivity index (χ1n) is 8.12. The lowest BCUT2D eigenvalue weighted by Gasteiger charge is -2.16. The molecule has 8 heteroatoms. The van der Waals surface area contributed by atoms with Crippen molar-refractivity contribution < 1.29 is 24.1 Å². The van der Waals surface area contributed by atoms with E-state index in [1.807, 2.05) is 19.1 Å². The standard InChI is InChI=1S/C18H25N3O5/c1-13(14-4-5-16(24-2)17(10-14)25-3)21-18(23)15(11-19)12-20-6-8-26-9-7-22/h4-5,10,12-13,20,22H,6-9H2,1-3H3,(H,21,23)/b15-12-. The highest BCUT2D eigenvalue weighted by Crippen LogP contribution is 2.29. The molecular weight excluding hydrogens is 338 g/mol. The highest BCUT2D eigenvalue weighted by atomic mass is 16.5. The zero-order valence-corrected chi connectivity index (χ0v) is 15.2. The number of hydrogen-bond acceptors (Lipinski definition) is 7. The average molecular weight is 363 g/mol. The molecule has 1 atom stereocenters. The van der Waals surface area contributed by atoms with Gasteiger partial charge in [0, 0.05) is 12.7 Å². The van der Waals surface area contributed by atoms with E-state index in [-0.39, 0.29) is 24.8 Å². The van der Waals surface area contributed by atoms with E-state index < -0.39 is 5.91 Å². The number of benzene rings is 1. The molecule has 0 aromatic heterocycles. The smallest absolute Gasteiger partial charge is 0.263 e. The maximum Gasteiger partial charge on any atom is 0.263 e. The van der Waals surface area contributed by atoms with E-state index in [4.69, 9.17) is 24.6 Å². The van der Waals surface area contributed by atoms with Crippen LogP contribution in [-0.4, -0.2) is 51.6 Å². The highest BCUT2D eigenvalue weighted by molar-refractivity contribution is 5.97. The maximum absolute atomic E-state index is 12.2. The summed E-state index contributed by atoms with van der Waals surface area (Å²) in [6.45, 7) is 2.79. The molecule has 1 amide bonds. The fourth-order valence-corrected chi connectivity index (χ4v) is 2.10. The van der Waals surface area contributed by atoms with E-state index in [1.54, 1.807) is 19.2 Å². The number of aliphatic hydroxyl groups is 1. The molecular formula is C18H25N3O5. The van der Waals surface area contributed by atoms with Crippen molar-refractivity contribution in [3.63, 3.8) is 0 Å². The Kier molecular flexibility index (Phi) is 9.61. The number of nitrogens with zero attached hydrogens (tertiary/aromatic N) is 1. The second kappa shape index (κ2) is 11.7. The van der Waals surface area contributed by atoms with Gasteiger partial charge in [0.1, 0.15) is 11.6 Å². The van der Waals surface area contributed by atoms with Gasteiger partial charge in [-0.1, -0.05) is 6.07 Å². The lowest BCUT2D eigenvalue weighted by atomic mass is 10.1. The number of hydrogen-bond donors (Lipinski definition) is 3. The molecule has 1 unspecified atom stereocenters. The van der Waals surface area contributed by atoms with Gasteiger partial charge < -0.3 is 30.0 Å². The van der Waals surface area contributed by atoms with Crippen LogP contribution in [0.1, 0.15) is 18.5 Å². The van der Waals surface area contributed by atoms with E-state index in [1.165, 1.54) is 13.3 Å². The number of carbonyl (C=O) groups excluding carboxylic acids is 1. The lowest BCUT2D eigenvalue weighted by Crippen LogP contribution is -2.29. The van der Waals surface area contributed by atoms with Gasteiger partial charge in [-0.25, -0.2) is 0 Å². The van der Waals surface area contributed by atoms with Crippen LogP contribution in [0.2, 0.25) is 0 Å². The minimum absolute atomic E-state index is 0.0421. The third-order valence-electron chi connectivity index (χ3n) is 3.49. The Labute approximate surface area is 153 Å². The number of amides is 1. The molecule has 0 bridgehead atoms. The molecule has 142 valence electrons. The number of nitriles is 1. The van der Waals surface area contributed by atoms with Gasteiger partial charge in [-0.05, 0) is 24.6 Å². The molecule has 0 saturated heterocycles. The number of carbonyl (C=O) groups is 1. The van der Waals surface area contributed by atoms with Crippen LogP contribution in [0.25, 0.3) is 0 Å². The highest BCUT2D eigenvalue weighted by Gasteiger charge is 2.15. The van der Waals surface area contributed by atoms with Crippen LogP contribution in [0, 0.1) is 11.3 Å². The van der Waals surface area contributed by atoms with Crippen molar-refractivity contribution in [1.82, 2.24) is 10.6 Å². The lowest BCUT2D eigenvalue weighted by molar-refractivity contribution is -0.117. The Morgan fingerprint density at radius 2 is 2.04 bits per heavy atom. The van der Waals surface area contributed by atoms with Crippen LogP contribution in [0.15, 0.2) is 30.0 Å². The summed E-state index contributed by atoms with van der Waals surface area (Å²) in [5.41, 5.74) is 0.776. The zero-order valence-electron chi connectivity index (χ0n) is 15.2. The van der Waals surface area contributed by atoms with Crippen LogP contribution in [0.3, 0.4) is 0 Å². The van der Waals surface area contributed by atoms with Gasteiger partial charge in [-0.3, -0.25) is 4.79 Å². The molecule has 1 rings (SSSR count). The van der Waals surface area contributed by atoms with Gasteiger partial charge in [-0.2, -0.15) is 5.26 Å². The Morgan fingerprint density at radius 3 is 2.65 bits per heavy atom. The zero-order chi connectivity index (χ0) is 19.4. The van der Waals surface area contributed by atoms with Crippen LogP contribution >= 0.6 is 0 Å². The largest absolute Gasteiger partial charge is 0.493 e. The molecule has 0 spiro atoms. The molecule has 1 aromatic carbocycles. The van der Waals surface area contributed by atoms with E-state index in [2.05, 4.69) is 10.6 Å². The van der Waals surface area contributed by atoms with Crippen molar-refractivity contribution in [2.45, 2.75) is 13.0 Å². The van der Waals surface area contributed by atoms with Crippen molar-refractivity contribution in [2.75, 3.05) is 40.6 Å². The van der Waals surface area contributed by atoms with E-state index in [0.717, 1.165) is 5.56 Å². The number of aliphatic hydroxyl groups excluding tert-OH is 1. The predicted molar refractivity (Wildman–Crippen MR) is 95.7 cm³/mol. The molecule has 0 heterocycles. The normalized spacial score (nSPS) is 12.0. The fraction of sp³-hybridized carbons (Fsp3) is 0.444.